The normalized spacial score (nSPS) is 7.57. The highest BCUT2D eigenvalue weighted by Gasteiger charge is 1.79. The SMILES string of the molecule is C[n+]1cc[nH]c1.C[n+]1cc[nH]c1.[I-].[I-]. The molecule has 0 fully saturated rings. The molecule has 2 aromatic rings. The molecule has 14 heavy (non-hydrogen) atoms. The maximum atomic E-state index is 2.89. The number of aromatic nitrogens is 4. The number of H-pyrrole nitrogens is 2. The summed E-state index contributed by atoms with van der Waals surface area (Å²) in [6.07, 6.45) is 11.4. The van der Waals surface area contributed by atoms with Gasteiger partial charge in [-0.3, -0.25) is 9.97 Å². The second-order valence-electron chi connectivity index (χ2n) is 2.55. The van der Waals surface area contributed by atoms with Crippen molar-refractivity contribution in [2.24, 2.45) is 14.1 Å². The summed E-state index contributed by atoms with van der Waals surface area (Å²) in [5.41, 5.74) is 0. The fraction of sp³-hybridized carbons (Fsp3) is 0.250. The van der Waals surface area contributed by atoms with Crippen LogP contribution in [0, 0.1) is 0 Å². The number of imidazole rings is 2. The van der Waals surface area contributed by atoms with E-state index < -0.39 is 0 Å². The summed E-state index contributed by atoms with van der Waals surface area (Å²) < 4.78 is 3.89. The molecule has 2 rings (SSSR count). The lowest BCUT2D eigenvalue weighted by atomic mass is 10.9. The number of rotatable bonds is 0. The maximum absolute atomic E-state index is 2.89. The van der Waals surface area contributed by atoms with E-state index in [4.69, 9.17) is 0 Å². The Hall–Kier alpha value is -0.120. The third kappa shape index (κ3) is 7.30. The molecule has 0 aliphatic rings. The van der Waals surface area contributed by atoms with Gasteiger partial charge in [-0.05, 0) is 0 Å². The van der Waals surface area contributed by atoms with E-state index in [0.717, 1.165) is 0 Å². The lowest BCUT2D eigenvalue weighted by Crippen LogP contribution is -3.00. The average molecular weight is 420 g/mol. The van der Waals surface area contributed by atoms with Gasteiger partial charge in [0.15, 0.2) is 0 Å². The summed E-state index contributed by atoms with van der Waals surface area (Å²) >= 11 is 0. The van der Waals surface area contributed by atoms with Crippen LogP contribution in [-0.2, 0) is 14.1 Å². The van der Waals surface area contributed by atoms with Gasteiger partial charge in [0.25, 0.3) is 0 Å². The molecular weight excluding hydrogens is 406 g/mol. The highest BCUT2D eigenvalue weighted by Crippen LogP contribution is 1.60. The Morgan fingerprint density at radius 1 is 0.786 bits per heavy atom. The topological polar surface area (TPSA) is 39.3 Å². The molecule has 4 nitrogen and oxygen atoms in total. The molecule has 2 N–H and O–H groups in total. The van der Waals surface area contributed by atoms with Crippen LogP contribution in [0.2, 0.25) is 0 Å². The highest BCUT2D eigenvalue weighted by molar-refractivity contribution is 4.54. The molecular formula is C8H14I2N4. The van der Waals surface area contributed by atoms with Crippen molar-refractivity contribution in [1.82, 2.24) is 9.97 Å². The zero-order valence-electron chi connectivity index (χ0n) is 8.11. The first-order chi connectivity index (χ1) is 5.79. The van der Waals surface area contributed by atoms with Crippen molar-refractivity contribution in [3.63, 3.8) is 0 Å². The molecule has 0 aliphatic heterocycles. The van der Waals surface area contributed by atoms with Crippen molar-refractivity contribution in [1.29, 1.82) is 0 Å². The minimum absolute atomic E-state index is 0. The predicted octanol–water partition coefficient (Wildman–Crippen LogP) is -6.31. The Bertz CT molecular complexity index is 259. The lowest BCUT2D eigenvalue weighted by Gasteiger charge is -1.66. The monoisotopic (exact) mass is 420 g/mol. The van der Waals surface area contributed by atoms with Crippen LogP contribution >= 0.6 is 0 Å². The molecule has 0 spiro atoms. The molecule has 0 amide bonds. The summed E-state index contributed by atoms with van der Waals surface area (Å²) in [4.78, 5) is 5.78. The number of aromatic amines is 2. The minimum atomic E-state index is 0. The number of nitrogens with one attached hydrogen (secondary N) is 2. The maximum Gasteiger partial charge on any atom is 0.241 e. The molecule has 6 heteroatoms. The quantitative estimate of drug-likeness (QED) is 0.315. The van der Waals surface area contributed by atoms with E-state index in [1.54, 1.807) is 0 Å². The molecule has 80 valence electrons. The zero-order valence-corrected chi connectivity index (χ0v) is 12.4. The Labute approximate surface area is 118 Å². The van der Waals surface area contributed by atoms with Gasteiger partial charge in [0.05, 0.1) is 14.1 Å². The van der Waals surface area contributed by atoms with E-state index in [1.807, 2.05) is 60.7 Å². The minimum Gasteiger partial charge on any atom is -1.00 e. The predicted molar refractivity (Wildman–Crippen MR) is 43.9 cm³/mol. The molecule has 0 radical (unpaired) electrons. The molecule has 2 aromatic heterocycles. The number of halogens is 2. The number of hydrogen-bond donors (Lipinski definition) is 2. The Balaban J connectivity index is 0. The molecule has 2 heterocycles. The van der Waals surface area contributed by atoms with Crippen LogP contribution in [0.5, 0.6) is 0 Å². The van der Waals surface area contributed by atoms with E-state index in [2.05, 4.69) is 9.97 Å². The second kappa shape index (κ2) is 9.44. The molecule has 0 aliphatic carbocycles. The van der Waals surface area contributed by atoms with Gasteiger partial charge in [0, 0.05) is 0 Å². The van der Waals surface area contributed by atoms with Crippen LogP contribution in [0.25, 0.3) is 0 Å². The van der Waals surface area contributed by atoms with Gasteiger partial charge >= 0.3 is 0 Å². The average Bonchev–Trinajstić information content (AvgIpc) is 2.63. The van der Waals surface area contributed by atoms with E-state index in [9.17, 15) is 0 Å². The number of nitrogens with zero attached hydrogens (tertiary/aromatic N) is 2. The van der Waals surface area contributed by atoms with Crippen LogP contribution in [0.4, 0.5) is 0 Å². The van der Waals surface area contributed by atoms with Crippen molar-refractivity contribution < 1.29 is 57.1 Å². The molecule has 0 aromatic carbocycles. The number of hydrogen-bond acceptors (Lipinski definition) is 0. The third-order valence-electron chi connectivity index (χ3n) is 1.37. The van der Waals surface area contributed by atoms with Crippen molar-refractivity contribution in [3.05, 3.63) is 37.4 Å². The molecule has 0 unspecified atom stereocenters. The van der Waals surface area contributed by atoms with Crippen LogP contribution in [-0.4, -0.2) is 9.97 Å². The largest absolute Gasteiger partial charge is 1.00 e. The number of aryl methyl sites for hydroxylation is 2. The first-order valence-electron chi connectivity index (χ1n) is 3.75. The standard InChI is InChI=1S/2C4H6N2.2HI/c2*1-6-3-2-5-4-6;;/h2*2-4H,1H3;2*1H. The Kier molecular flexibility index (Phi) is 11.0. The van der Waals surface area contributed by atoms with Crippen molar-refractivity contribution >= 4 is 0 Å². The zero-order chi connectivity index (χ0) is 8.81. The van der Waals surface area contributed by atoms with Gasteiger partial charge in [-0.15, -0.1) is 0 Å². The van der Waals surface area contributed by atoms with Gasteiger partial charge in [0.2, 0.25) is 12.7 Å². The van der Waals surface area contributed by atoms with Crippen LogP contribution in [0.1, 0.15) is 0 Å². The van der Waals surface area contributed by atoms with Gasteiger partial charge in [-0.2, -0.15) is 0 Å². The van der Waals surface area contributed by atoms with Gasteiger partial charge in [-0.25, -0.2) is 9.13 Å². The molecule has 0 atom stereocenters. The van der Waals surface area contributed by atoms with Gasteiger partial charge in [-0.1, -0.05) is 0 Å². The van der Waals surface area contributed by atoms with Crippen molar-refractivity contribution in [2.75, 3.05) is 0 Å². The van der Waals surface area contributed by atoms with E-state index in [-0.39, 0.29) is 48.0 Å². The van der Waals surface area contributed by atoms with Crippen LogP contribution in [0.3, 0.4) is 0 Å². The summed E-state index contributed by atoms with van der Waals surface area (Å²) in [7, 11) is 3.94. The first-order valence-corrected chi connectivity index (χ1v) is 3.75. The van der Waals surface area contributed by atoms with Crippen molar-refractivity contribution in [2.45, 2.75) is 0 Å². The van der Waals surface area contributed by atoms with Gasteiger partial charge < -0.3 is 48.0 Å². The van der Waals surface area contributed by atoms with Crippen LogP contribution in [0.15, 0.2) is 37.4 Å². The molecule has 0 saturated carbocycles. The fourth-order valence-corrected chi connectivity index (χ4v) is 0.728. The fourth-order valence-electron chi connectivity index (χ4n) is 0.728. The van der Waals surface area contributed by atoms with Crippen molar-refractivity contribution in [3.8, 4) is 0 Å². The summed E-state index contributed by atoms with van der Waals surface area (Å²) in [5.74, 6) is 0. The van der Waals surface area contributed by atoms with E-state index in [0.29, 0.717) is 0 Å². The Morgan fingerprint density at radius 2 is 1.14 bits per heavy atom. The lowest BCUT2D eigenvalue weighted by molar-refractivity contribution is -0.670. The first kappa shape index (κ1) is 16.3. The Morgan fingerprint density at radius 3 is 1.21 bits per heavy atom. The molecule has 0 bridgehead atoms. The second-order valence-corrected chi connectivity index (χ2v) is 2.55. The van der Waals surface area contributed by atoms with E-state index >= 15 is 0 Å². The van der Waals surface area contributed by atoms with Gasteiger partial charge in [0.1, 0.15) is 24.8 Å². The van der Waals surface area contributed by atoms with Crippen LogP contribution < -0.4 is 57.1 Å². The third-order valence-corrected chi connectivity index (χ3v) is 1.37. The molecule has 0 saturated heterocycles. The van der Waals surface area contributed by atoms with E-state index in [1.165, 1.54) is 0 Å². The summed E-state index contributed by atoms with van der Waals surface area (Å²) in [5, 5.41) is 0. The smallest absolute Gasteiger partial charge is 0.241 e. The summed E-state index contributed by atoms with van der Waals surface area (Å²) in [6.45, 7) is 0. The summed E-state index contributed by atoms with van der Waals surface area (Å²) in [6, 6.07) is 0. The highest BCUT2D eigenvalue weighted by atomic mass is 127.